The van der Waals surface area contributed by atoms with Crippen LogP contribution in [0.2, 0.25) is 0 Å². The van der Waals surface area contributed by atoms with Gasteiger partial charge < -0.3 is 20.1 Å². The number of nitrogens with zero attached hydrogens (tertiary/aromatic N) is 3. The lowest BCUT2D eigenvalue weighted by Crippen LogP contribution is -2.46. The summed E-state index contributed by atoms with van der Waals surface area (Å²) in [5.41, 5.74) is 0.489. The zero-order chi connectivity index (χ0) is 23.3. The Morgan fingerprint density at radius 2 is 1.81 bits per heavy atom. The predicted octanol–water partition coefficient (Wildman–Crippen LogP) is 1.62. The molecule has 12 heteroatoms. The molecule has 1 aliphatic heterocycles. The van der Waals surface area contributed by atoms with Gasteiger partial charge in [0.2, 0.25) is 21.8 Å². The first-order valence-corrected chi connectivity index (χ1v) is 12.6. The van der Waals surface area contributed by atoms with Gasteiger partial charge in [0.1, 0.15) is 5.76 Å². The molecule has 0 saturated carbocycles. The van der Waals surface area contributed by atoms with Gasteiger partial charge in [-0.1, -0.05) is 5.16 Å². The molecule has 2 aromatic rings. The summed E-state index contributed by atoms with van der Waals surface area (Å²) in [6.45, 7) is 5.71. The van der Waals surface area contributed by atoms with E-state index in [2.05, 4.69) is 20.7 Å². The van der Waals surface area contributed by atoms with E-state index in [-0.39, 0.29) is 22.5 Å². The fraction of sp³-hybridized carbons (Fsp3) is 0.450. The van der Waals surface area contributed by atoms with Crippen molar-refractivity contribution in [1.82, 2.24) is 14.4 Å². The van der Waals surface area contributed by atoms with E-state index in [1.54, 1.807) is 32.0 Å². The second-order valence-electron chi connectivity index (χ2n) is 7.55. The van der Waals surface area contributed by atoms with Gasteiger partial charge in [-0.3, -0.25) is 9.59 Å². The first-order chi connectivity index (χ1) is 15.1. The van der Waals surface area contributed by atoms with Crippen LogP contribution in [-0.4, -0.2) is 78.8 Å². The summed E-state index contributed by atoms with van der Waals surface area (Å²) >= 11 is 1.18. The van der Waals surface area contributed by atoms with Crippen molar-refractivity contribution in [2.45, 2.75) is 24.0 Å². The molecule has 3 rings (SSSR count). The largest absolute Gasteiger partial charge is 0.360 e. The molecule has 174 valence electrons. The van der Waals surface area contributed by atoms with E-state index >= 15 is 0 Å². The molecule has 0 aliphatic carbocycles. The minimum absolute atomic E-state index is 0.0633. The maximum absolute atomic E-state index is 12.8. The number of rotatable bonds is 8. The zero-order valence-electron chi connectivity index (χ0n) is 18.2. The first-order valence-electron chi connectivity index (χ1n) is 10.1. The Hall–Kier alpha value is -2.41. The summed E-state index contributed by atoms with van der Waals surface area (Å²) in [5.74, 6) is 0.405. The van der Waals surface area contributed by atoms with E-state index in [0.29, 0.717) is 43.4 Å². The topological polar surface area (TPSA) is 125 Å². The van der Waals surface area contributed by atoms with Crippen molar-refractivity contribution >= 4 is 45.1 Å². The van der Waals surface area contributed by atoms with E-state index in [4.69, 9.17) is 4.52 Å². The number of aromatic nitrogens is 1. The summed E-state index contributed by atoms with van der Waals surface area (Å²) in [4.78, 5) is 26.7. The second-order valence-corrected chi connectivity index (χ2v) is 10.8. The third-order valence-electron chi connectivity index (χ3n) is 4.95. The van der Waals surface area contributed by atoms with Gasteiger partial charge in [0.25, 0.3) is 0 Å². The van der Waals surface area contributed by atoms with E-state index in [0.717, 1.165) is 0 Å². The number of carbonyl (C=O) groups is 2. The number of benzene rings is 1. The third-order valence-corrected chi connectivity index (χ3v) is 8.01. The summed E-state index contributed by atoms with van der Waals surface area (Å²) in [6.07, 6.45) is 0. The molecule has 1 aromatic carbocycles. The average molecular weight is 482 g/mol. The Morgan fingerprint density at radius 3 is 2.41 bits per heavy atom. The number of hydrogen-bond donors (Lipinski definition) is 2. The van der Waals surface area contributed by atoms with Crippen molar-refractivity contribution in [3.63, 3.8) is 0 Å². The highest BCUT2D eigenvalue weighted by atomic mass is 32.2. The molecule has 32 heavy (non-hydrogen) atoms. The van der Waals surface area contributed by atoms with Gasteiger partial charge in [0.15, 0.2) is 5.82 Å². The minimum atomic E-state index is -3.55. The number of amides is 2. The van der Waals surface area contributed by atoms with E-state index in [9.17, 15) is 18.0 Å². The fourth-order valence-electron chi connectivity index (χ4n) is 3.01. The molecule has 0 radical (unpaired) electrons. The number of piperazine rings is 1. The minimum Gasteiger partial charge on any atom is -0.360 e. The van der Waals surface area contributed by atoms with Crippen LogP contribution in [0.3, 0.4) is 0 Å². The van der Waals surface area contributed by atoms with Gasteiger partial charge in [-0.05, 0) is 45.2 Å². The van der Waals surface area contributed by atoms with Crippen LogP contribution < -0.4 is 10.6 Å². The molecule has 1 unspecified atom stereocenters. The van der Waals surface area contributed by atoms with Crippen molar-refractivity contribution in [3.8, 4) is 0 Å². The maximum Gasteiger partial charge on any atom is 0.243 e. The Kier molecular flexibility index (Phi) is 7.93. The van der Waals surface area contributed by atoms with Crippen molar-refractivity contribution in [2.75, 3.05) is 49.6 Å². The van der Waals surface area contributed by atoms with Gasteiger partial charge in [0, 0.05) is 37.9 Å². The number of aryl methyl sites for hydroxylation is 1. The van der Waals surface area contributed by atoms with E-state index in [1.807, 2.05) is 7.05 Å². The summed E-state index contributed by atoms with van der Waals surface area (Å²) in [6, 6.07) is 7.72. The van der Waals surface area contributed by atoms with E-state index < -0.39 is 15.3 Å². The molecule has 10 nitrogen and oxygen atoms in total. The standard InChI is InChI=1S/C20H27N5O5S2/c1-14-12-18(23-30-14)22-20(27)15(2)31-13-19(26)21-16-4-6-17(7-5-16)32(28,29)25-10-8-24(3)9-11-25/h4-7,12,15H,8-11,13H2,1-3H3,(H,21,26)(H,22,23,27). The van der Waals surface area contributed by atoms with Crippen LogP contribution in [0.25, 0.3) is 0 Å². The van der Waals surface area contributed by atoms with Gasteiger partial charge in [-0.25, -0.2) is 8.42 Å². The number of carbonyl (C=O) groups excluding carboxylic acids is 2. The fourth-order valence-corrected chi connectivity index (χ4v) is 5.12. The van der Waals surface area contributed by atoms with Crippen LogP contribution in [-0.2, 0) is 19.6 Å². The Labute approximate surface area is 191 Å². The lowest BCUT2D eigenvalue weighted by atomic mass is 10.3. The average Bonchev–Trinajstić information content (AvgIpc) is 3.17. The normalized spacial score (nSPS) is 16.5. The number of sulfonamides is 1. The Balaban J connectivity index is 1.48. The molecule has 2 N–H and O–H groups in total. The highest BCUT2D eigenvalue weighted by molar-refractivity contribution is 8.01. The van der Waals surface area contributed by atoms with Gasteiger partial charge in [0.05, 0.1) is 15.9 Å². The van der Waals surface area contributed by atoms with Crippen LogP contribution >= 0.6 is 11.8 Å². The molecule has 0 bridgehead atoms. The van der Waals surface area contributed by atoms with Crippen LogP contribution in [0.15, 0.2) is 39.8 Å². The maximum atomic E-state index is 12.8. The molecule has 1 fully saturated rings. The quantitative estimate of drug-likeness (QED) is 0.583. The number of hydrogen-bond acceptors (Lipinski definition) is 8. The third kappa shape index (κ3) is 6.31. The monoisotopic (exact) mass is 481 g/mol. The molecule has 0 spiro atoms. The van der Waals surface area contributed by atoms with Gasteiger partial charge in [-0.2, -0.15) is 4.31 Å². The molecule has 1 aromatic heterocycles. The predicted molar refractivity (Wildman–Crippen MR) is 123 cm³/mol. The molecule has 2 heterocycles. The highest BCUT2D eigenvalue weighted by Gasteiger charge is 2.27. The first kappa shape index (κ1) is 24.2. The van der Waals surface area contributed by atoms with Crippen LogP contribution in [0.4, 0.5) is 11.5 Å². The summed E-state index contributed by atoms with van der Waals surface area (Å²) in [5, 5.41) is 8.57. The molecular formula is C20H27N5O5S2. The molecule has 1 aliphatic rings. The summed E-state index contributed by atoms with van der Waals surface area (Å²) in [7, 11) is -1.59. The molecule has 1 saturated heterocycles. The number of nitrogens with one attached hydrogen (secondary N) is 2. The van der Waals surface area contributed by atoms with Crippen LogP contribution in [0.1, 0.15) is 12.7 Å². The number of thioether (sulfide) groups is 1. The highest BCUT2D eigenvalue weighted by Crippen LogP contribution is 2.20. The van der Waals surface area contributed by atoms with Gasteiger partial charge >= 0.3 is 0 Å². The van der Waals surface area contributed by atoms with Crippen molar-refractivity contribution in [1.29, 1.82) is 0 Å². The molecule has 1 atom stereocenters. The summed E-state index contributed by atoms with van der Waals surface area (Å²) < 4.78 is 31.9. The smallest absolute Gasteiger partial charge is 0.243 e. The lowest BCUT2D eigenvalue weighted by Gasteiger charge is -2.31. The molecule has 2 amide bonds. The second kappa shape index (κ2) is 10.5. The Bertz CT molecular complexity index is 1050. The number of likely N-dealkylation sites (N-methyl/N-ethyl adjacent to an activating group) is 1. The zero-order valence-corrected chi connectivity index (χ0v) is 19.8. The molecular weight excluding hydrogens is 454 g/mol. The van der Waals surface area contributed by atoms with E-state index in [1.165, 1.54) is 28.2 Å². The van der Waals surface area contributed by atoms with Gasteiger partial charge in [-0.15, -0.1) is 11.8 Å². The number of anilines is 2. The lowest BCUT2D eigenvalue weighted by molar-refractivity contribution is -0.115. The van der Waals surface area contributed by atoms with Crippen molar-refractivity contribution in [3.05, 3.63) is 36.1 Å². The van der Waals surface area contributed by atoms with Crippen LogP contribution in [0, 0.1) is 6.92 Å². The van der Waals surface area contributed by atoms with Crippen molar-refractivity contribution in [2.24, 2.45) is 0 Å². The SMILES string of the molecule is Cc1cc(NC(=O)C(C)SCC(=O)Nc2ccc(S(=O)(=O)N3CCN(C)CC3)cc2)no1. The van der Waals surface area contributed by atoms with Crippen LogP contribution in [0.5, 0.6) is 0 Å². The Morgan fingerprint density at radius 1 is 1.16 bits per heavy atom. The van der Waals surface area contributed by atoms with Crippen molar-refractivity contribution < 1.29 is 22.5 Å².